The first kappa shape index (κ1) is 20.0. The summed E-state index contributed by atoms with van der Waals surface area (Å²) in [5, 5.41) is 14.1. The van der Waals surface area contributed by atoms with Crippen LogP contribution in [0.15, 0.2) is 75.8 Å². The Bertz CT molecular complexity index is 1220. The molecule has 2 heterocycles. The van der Waals surface area contributed by atoms with Gasteiger partial charge in [0.25, 0.3) is 11.6 Å². The second kappa shape index (κ2) is 8.60. The van der Waals surface area contributed by atoms with Gasteiger partial charge >= 0.3 is 0 Å². The number of hydrogen-bond donors (Lipinski definition) is 1. The van der Waals surface area contributed by atoms with Crippen molar-refractivity contribution in [3.63, 3.8) is 0 Å². The van der Waals surface area contributed by atoms with E-state index in [0.29, 0.717) is 16.5 Å². The fraction of sp³-hybridized carbons (Fsp3) is 0.0476. The minimum absolute atomic E-state index is 0.0454. The summed E-state index contributed by atoms with van der Waals surface area (Å²) in [4.78, 5) is 28.2. The Kier molecular flexibility index (Phi) is 5.73. The normalized spacial score (nSPS) is 10.7. The topological polar surface area (TPSA) is 98.3 Å². The number of carbonyl (C=O) groups is 1. The van der Waals surface area contributed by atoms with Crippen molar-refractivity contribution >= 4 is 44.0 Å². The lowest BCUT2D eigenvalue weighted by molar-refractivity contribution is -0.384. The maximum atomic E-state index is 12.5. The lowest BCUT2D eigenvalue weighted by Crippen LogP contribution is -2.10. The fourth-order valence-electron chi connectivity index (χ4n) is 2.80. The number of amides is 1. The highest BCUT2D eigenvalue weighted by Gasteiger charge is 2.16. The summed E-state index contributed by atoms with van der Waals surface area (Å²) in [6, 6.07) is 17.2. The molecule has 1 amide bonds. The molecule has 0 aliphatic rings. The summed E-state index contributed by atoms with van der Waals surface area (Å²) >= 11 is 4.81. The molecule has 0 spiro atoms. The van der Waals surface area contributed by atoms with Gasteiger partial charge in [0.05, 0.1) is 4.92 Å². The predicted octanol–water partition coefficient (Wildman–Crippen LogP) is 5.92. The summed E-state index contributed by atoms with van der Waals surface area (Å²) in [6.07, 6.45) is 2.46. The van der Waals surface area contributed by atoms with Gasteiger partial charge in [-0.15, -0.1) is 11.3 Å². The van der Waals surface area contributed by atoms with Crippen LogP contribution in [0, 0.1) is 10.1 Å². The van der Waals surface area contributed by atoms with Crippen LogP contribution in [0.3, 0.4) is 0 Å². The van der Waals surface area contributed by atoms with Gasteiger partial charge in [0.2, 0.25) is 0 Å². The molecule has 0 saturated heterocycles. The van der Waals surface area contributed by atoms with Gasteiger partial charge in [-0.3, -0.25) is 20.2 Å². The highest BCUT2D eigenvalue weighted by atomic mass is 79.9. The molecule has 150 valence electrons. The number of anilines is 1. The van der Waals surface area contributed by atoms with Gasteiger partial charge in [-0.2, -0.15) is 0 Å². The SMILES string of the molecule is O=C(Nc1ncc(Cc2ccc(Br)cc2)s1)c1ccc(-c2cccc([N+](=O)[O-])c2)o1. The quantitative estimate of drug-likeness (QED) is 0.271. The van der Waals surface area contributed by atoms with Crippen LogP contribution in [0.2, 0.25) is 0 Å². The molecule has 0 unspecified atom stereocenters. The lowest BCUT2D eigenvalue weighted by Gasteiger charge is -2.00. The van der Waals surface area contributed by atoms with Crippen LogP contribution in [-0.4, -0.2) is 15.8 Å². The minimum atomic E-state index is -0.478. The van der Waals surface area contributed by atoms with Crippen molar-refractivity contribution in [2.24, 2.45) is 0 Å². The molecule has 0 aliphatic carbocycles. The zero-order valence-corrected chi connectivity index (χ0v) is 17.8. The molecule has 0 aliphatic heterocycles. The molecule has 2 aromatic heterocycles. The zero-order valence-electron chi connectivity index (χ0n) is 15.4. The monoisotopic (exact) mass is 483 g/mol. The summed E-state index contributed by atoms with van der Waals surface area (Å²) in [6.45, 7) is 0. The zero-order chi connectivity index (χ0) is 21.1. The highest BCUT2D eigenvalue weighted by molar-refractivity contribution is 9.10. The molecule has 0 atom stereocenters. The Morgan fingerprint density at radius 2 is 1.97 bits per heavy atom. The molecule has 0 radical (unpaired) electrons. The Morgan fingerprint density at radius 1 is 1.17 bits per heavy atom. The summed E-state index contributed by atoms with van der Waals surface area (Å²) in [7, 11) is 0. The molecular formula is C21H14BrN3O4S. The van der Waals surface area contributed by atoms with E-state index in [1.54, 1.807) is 24.4 Å². The predicted molar refractivity (Wildman–Crippen MR) is 118 cm³/mol. The molecule has 0 fully saturated rings. The average molecular weight is 484 g/mol. The van der Waals surface area contributed by atoms with E-state index in [9.17, 15) is 14.9 Å². The van der Waals surface area contributed by atoms with Gasteiger partial charge in [-0.1, -0.05) is 40.2 Å². The van der Waals surface area contributed by atoms with Gasteiger partial charge in [-0.25, -0.2) is 4.98 Å². The van der Waals surface area contributed by atoms with E-state index in [4.69, 9.17) is 4.42 Å². The third-order valence-corrected chi connectivity index (χ3v) is 5.68. The highest BCUT2D eigenvalue weighted by Crippen LogP contribution is 2.27. The molecule has 7 nitrogen and oxygen atoms in total. The van der Waals surface area contributed by atoms with E-state index >= 15 is 0 Å². The van der Waals surface area contributed by atoms with Crippen molar-refractivity contribution in [3.8, 4) is 11.3 Å². The molecule has 4 aromatic rings. The van der Waals surface area contributed by atoms with E-state index in [2.05, 4.69) is 26.2 Å². The first-order valence-corrected chi connectivity index (χ1v) is 10.4. The number of nitrogens with zero attached hydrogens (tertiary/aromatic N) is 2. The van der Waals surface area contributed by atoms with Crippen LogP contribution < -0.4 is 5.32 Å². The number of rotatable bonds is 6. The summed E-state index contributed by atoms with van der Waals surface area (Å²) in [5.74, 6) is 0.0382. The molecule has 9 heteroatoms. The van der Waals surface area contributed by atoms with Gasteiger partial charge in [-0.05, 0) is 29.8 Å². The third kappa shape index (κ3) is 4.64. The van der Waals surface area contributed by atoms with Gasteiger partial charge < -0.3 is 4.42 Å². The van der Waals surface area contributed by atoms with Crippen LogP contribution in [0.25, 0.3) is 11.3 Å². The second-order valence-corrected chi connectivity index (χ2v) is 8.39. The van der Waals surface area contributed by atoms with Crippen molar-refractivity contribution in [1.29, 1.82) is 0 Å². The van der Waals surface area contributed by atoms with Crippen molar-refractivity contribution in [1.82, 2.24) is 4.98 Å². The van der Waals surface area contributed by atoms with Crippen molar-refractivity contribution in [2.75, 3.05) is 5.32 Å². The van der Waals surface area contributed by atoms with Crippen molar-refractivity contribution < 1.29 is 14.1 Å². The smallest absolute Gasteiger partial charge is 0.293 e. The Morgan fingerprint density at radius 3 is 2.73 bits per heavy atom. The lowest BCUT2D eigenvalue weighted by atomic mass is 10.1. The first-order chi connectivity index (χ1) is 14.5. The van der Waals surface area contributed by atoms with Crippen LogP contribution in [0.4, 0.5) is 10.8 Å². The van der Waals surface area contributed by atoms with Crippen LogP contribution in [0.5, 0.6) is 0 Å². The number of aromatic nitrogens is 1. The number of thiazole rings is 1. The van der Waals surface area contributed by atoms with Crippen LogP contribution in [-0.2, 0) is 6.42 Å². The number of nitrogens with one attached hydrogen (secondary N) is 1. The largest absolute Gasteiger partial charge is 0.451 e. The van der Waals surface area contributed by atoms with Crippen LogP contribution in [0.1, 0.15) is 21.0 Å². The standard InChI is InChI=1S/C21H14BrN3O4S/c22-15-6-4-13(5-7-15)10-17-12-23-21(30-17)24-20(26)19-9-8-18(29-19)14-2-1-3-16(11-14)25(27)28/h1-9,11-12H,10H2,(H,23,24,26). The van der Waals surface area contributed by atoms with E-state index in [0.717, 1.165) is 21.3 Å². The number of non-ortho nitro benzene ring substituents is 1. The first-order valence-electron chi connectivity index (χ1n) is 8.83. The van der Waals surface area contributed by atoms with Crippen molar-refractivity contribution in [2.45, 2.75) is 6.42 Å². The van der Waals surface area contributed by atoms with Gasteiger partial charge in [0.1, 0.15) is 5.76 Å². The summed E-state index contributed by atoms with van der Waals surface area (Å²) < 4.78 is 6.61. The van der Waals surface area contributed by atoms with E-state index in [-0.39, 0.29) is 11.4 Å². The molecule has 0 saturated carbocycles. The van der Waals surface area contributed by atoms with Gasteiger partial charge in [0, 0.05) is 39.7 Å². The number of carbonyl (C=O) groups excluding carboxylic acids is 1. The maximum absolute atomic E-state index is 12.5. The Labute approximate surface area is 183 Å². The Hall–Kier alpha value is -3.30. The third-order valence-electron chi connectivity index (χ3n) is 4.24. The number of halogens is 1. The van der Waals surface area contributed by atoms with Gasteiger partial charge in [0.15, 0.2) is 10.9 Å². The van der Waals surface area contributed by atoms with E-state index < -0.39 is 10.8 Å². The molecule has 0 bridgehead atoms. The summed E-state index contributed by atoms with van der Waals surface area (Å²) in [5.41, 5.74) is 1.62. The average Bonchev–Trinajstić information content (AvgIpc) is 3.40. The number of hydrogen-bond acceptors (Lipinski definition) is 6. The van der Waals surface area contributed by atoms with E-state index in [1.165, 1.54) is 29.5 Å². The van der Waals surface area contributed by atoms with E-state index in [1.807, 2.05) is 24.3 Å². The Balaban J connectivity index is 1.44. The van der Waals surface area contributed by atoms with Crippen molar-refractivity contribution in [3.05, 3.63) is 97.6 Å². The molecule has 1 N–H and O–H groups in total. The number of nitro groups is 1. The molecular weight excluding hydrogens is 470 g/mol. The number of benzene rings is 2. The number of furan rings is 1. The molecule has 2 aromatic carbocycles. The minimum Gasteiger partial charge on any atom is -0.451 e. The maximum Gasteiger partial charge on any atom is 0.293 e. The number of nitro benzene ring substituents is 1. The molecule has 4 rings (SSSR count). The second-order valence-electron chi connectivity index (χ2n) is 6.36. The van der Waals surface area contributed by atoms with Crippen LogP contribution >= 0.6 is 27.3 Å². The fourth-order valence-corrected chi connectivity index (χ4v) is 3.90. The molecule has 30 heavy (non-hydrogen) atoms.